The number of nitrogens with zero attached hydrogens (tertiary/aromatic N) is 2. The average Bonchev–Trinajstić information content (AvgIpc) is 2.82. The molecule has 0 aliphatic heterocycles. The van der Waals surface area contributed by atoms with Crippen molar-refractivity contribution < 1.29 is 13.2 Å². The van der Waals surface area contributed by atoms with E-state index in [2.05, 4.69) is 47.6 Å². The van der Waals surface area contributed by atoms with Gasteiger partial charge in [0, 0.05) is 17.5 Å². The minimum atomic E-state index is -4.35. The molecule has 182 valence electrons. The number of hydrazone groups is 1. The molecule has 3 aromatic rings. The molecule has 0 aromatic heterocycles. The fraction of sp³-hybridized carbons (Fsp3) is 0.250. The lowest BCUT2D eigenvalue weighted by atomic mass is 9.99. The van der Waals surface area contributed by atoms with Gasteiger partial charge in [-0.15, -0.1) is 0 Å². The number of halogens is 3. The van der Waals surface area contributed by atoms with Crippen LogP contribution in [0.5, 0.6) is 0 Å². The van der Waals surface area contributed by atoms with Crippen LogP contribution < -0.4 is 5.43 Å². The Hall–Kier alpha value is -3.32. The van der Waals surface area contributed by atoms with Gasteiger partial charge in [0.1, 0.15) is 0 Å². The van der Waals surface area contributed by atoms with Gasteiger partial charge in [0.15, 0.2) is 0 Å². The highest BCUT2D eigenvalue weighted by atomic mass is 32.1. The molecule has 0 amide bonds. The van der Waals surface area contributed by atoms with Gasteiger partial charge in [-0.1, -0.05) is 61.6 Å². The van der Waals surface area contributed by atoms with Crippen LogP contribution in [-0.4, -0.2) is 23.3 Å². The lowest BCUT2D eigenvalue weighted by Crippen LogP contribution is -2.07. The Morgan fingerprint density at radius 2 is 1.57 bits per heavy atom. The van der Waals surface area contributed by atoms with Crippen LogP contribution in [-0.2, 0) is 12.6 Å². The summed E-state index contributed by atoms with van der Waals surface area (Å²) >= 11 is 5.53. The molecule has 0 saturated heterocycles. The molecule has 0 spiro atoms. The number of benzene rings is 3. The van der Waals surface area contributed by atoms with E-state index >= 15 is 0 Å². The van der Waals surface area contributed by atoms with Crippen molar-refractivity contribution >= 4 is 34.7 Å². The topological polar surface area (TPSA) is 36.8 Å². The Balaban J connectivity index is 1.56. The molecule has 0 aliphatic carbocycles. The van der Waals surface area contributed by atoms with Gasteiger partial charge in [0.05, 0.1) is 23.5 Å². The van der Waals surface area contributed by atoms with Gasteiger partial charge in [-0.2, -0.15) is 18.3 Å². The minimum absolute atomic E-state index is 0.486. The van der Waals surface area contributed by atoms with Crippen molar-refractivity contribution in [3.63, 3.8) is 0 Å². The summed E-state index contributed by atoms with van der Waals surface area (Å²) in [7, 11) is 0. The highest BCUT2D eigenvalue weighted by Gasteiger charge is 2.30. The SMILES string of the molecule is CC/C(=N\Nc1ccc(C=NCC(=S)Cc2c(C)cccc2C)cc1)c1ccc(C(F)(F)F)cc1. The predicted molar refractivity (Wildman–Crippen MR) is 143 cm³/mol. The first-order chi connectivity index (χ1) is 16.7. The van der Waals surface area contributed by atoms with E-state index in [-0.39, 0.29) is 0 Å². The van der Waals surface area contributed by atoms with Crippen LogP contribution >= 0.6 is 12.2 Å². The first kappa shape index (κ1) is 26.3. The van der Waals surface area contributed by atoms with Crippen LogP contribution in [0, 0.1) is 13.8 Å². The van der Waals surface area contributed by atoms with E-state index < -0.39 is 11.7 Å². The second-order valence-electron chi connectivity index (χ2n) is 8.28. The molecule has 0 aliphatic rings. The number of alkyl halides is 3. The molecule has 0 bridgehead atoms. The van der Waals surface area contributed by atoms with Crippen LogP contribution in [0.15, 0.2) is 76.8 Å². The fourth-order valence-corrected chi connectivity index (χ4v) is 3.83. The molecular weight excluding hydrogens is 467 g/mol. The van der Waals surface area contributed by atoms with Gasteiger partial charge in [0.25, 0.3) is 0 Å². The minimum Gasteiger partial charge on any atom is -0.287 e. The second-order valence-corrected chi connectivity index (χ2v) is 8.85. The third kappa shape index (κ3) is 7.59. The summed E-state index contributed by atoms with van der Waals surface area (Å²) in [6, 6.07) is 18.9. The number of hydrogen-bond acceptors (Lipinski definition) is 4. The van der Waals surface area contributed by atoms with Gasteiger partial charge >= 0.3 is 6.18 Å². The summed E-state index contributed by atoms with van der Waals surface area (Å²) in [6.07, 6.45) is -1.24. The molecule has 0 atom stereocenters. The van der Waals surface area contributed by atoms with Gasteiger partial charge < -0.3 is 0 Å². The van der Waals surface area contributed by atoms with E-state index in [1.165, 1.54) is 28.8 Å². The predicted octanol–water partition coefficient (Wildman–Crippen LogP) is 7.58. The summed E-state index contributed by atoms with van der Waals surface area (Å²) in [6.45, 7) is 6.59. The summed E-state index contributed by atoms with van der Waals surface area (Å²) in [4.78, 5) is 5.37. The van der Waals surface area contributed by atoms with E-state index in [9.17, 15) is 13.2 Å². The molecule has 3 rings (SSSR count). The molecule has 0 radical (unpaired) electrons. The van der Waals surface area contributed by atoms with Gasteiger partial charge in [-0.25, -0.2) is 0 Å². The normalized spacial score (nSPS) is 12.2. The van der Waals surface area contributed by atoms with E-state index in [0.29, 0.717) is 24.2 Å². The maximum atomic E-state index is 12.8. The van der Waals surface area contributed by atoms with Crippen molar-refractivity contribution in [3.05, 3.63) is 100 Å². The maximum Gasteiger partial charge on any atom is 0.416 e. The Morgan fingerprint density at radius 3 is 2.14 bits per heavy atom. The lowest BCUT2D eigenvalue weighted by Gasteiger charge is -2.09. The van der Waals surface area contributed by atoms with Crippen LogP contribution in [0.25, 0.3) is 0 Å². The highest BCUT2D eigenvalue weighted by Crippen LogP contribution is 2.29. The number of thiocarbonyl (C=S) groups is 1. The van der Waals surface area contributed by atoms with Crippen molar-refractivity contribution in [2.45, 2.75) is 39.8 Å². The van der Waals surface area contributed by atoms with Crippen molar-refractivity contribution in [1.82, 2.24) is 0 Å². The van der Waals surface area contributed by atoms with Gasteiger partial charge in [-0.3, -0.25) is 10.4 Å². The zero-order chi connectivity index (χ0) is 25.4. The standard InChI is InChI=1S/C28H28F3N3S/c1-4-27(22-10-12-23(13-11-22)28(29,30)31)34-33-24-14-8-21(9-15-24)17-32-18-25(35)16-26-19(2)6-5-7-20(26)3/h5-15,17,33H,4,16,18H2,1-3H3/b32-17?,34-27+. The summed E-state index contributed by atoms with van der Waals surface area (Å²) in [5.74, 6) is 0. The van der Waals surface area contributed by atoms with Gasteiger partial charge in [-0.05, 0) is 72.4 Å². The first-order valence-corrected chi connectivity index (χ1v) is 11.7. The van der Waals surface area contributed by atoms with Crippen LogP contribution in [0.3, 0.4) is 0 Å². The maximum absolute atomic E-state index is 12.8. The molecule has 3 aromatic carbocycles. The van der Waals surface area contributed by atoms with Crippen LogP contribution in [0.1, 0.15) is 46.7 Å². The first-order valence-electron chi connectivity index (χ1n) is 11.3. The van der Waals surface area contributed by atoms with Crippen molar-refractivity contribution in [2.24, 2.45) is 10.1 Å². The second kappa shape index (κ2) is 11.9. The third-order valence-corrected chi connectivity index (χ3v) is 5.91. The molecule has 0 fully saturated rings. The molecule has 3 nitrogen and oxygen atoms in total. The molecule has 1 N–H and O–H groups in total. The number of rotatable bonds is 9. The average molecular weight is 496 g/mol. The third-order valence-electron chi connectivity index (χ3n) is 5.64. The Labute approximate surface area is 209 Å². The number of anilines is 1. The van der Waals surface area contributed by atoms with Crippen molar-refractivity contribution in [2.75, 3.05) is 12.0 Å². The largest absolute Gasteiger partial charge is 0.416 e. The molecule has 7 heteroatoms. The summed E-state index contributed by atoms with van der Waals surface area (Å²) in [5.41, 5.74) is 9.08. The Morgan fingerprint density at radius 1 is 0.943 bits per heavy atom. The van der Waals surface area contributed by atoms with Crippen LogP contribution in [0.4, 0.5) is 18.9 Å². The molecule has 35 heavy (non-hydrogen) atoms. The quantitative estimate of drug-likeness (QED) is 0.189. The molecule has 0 unspecified atom stereocenters. The monoisotopic (exact) mass is 495 g/mol. The Kier molecular flexibility index (Phi) is 8.93. The van der Waals surface area contributed by atoms with Crippen LogP contribution in [0.2, 0.25) is 0 Å². The summed E-state index contributed by atoms with van der Waals surface area (Å²) < 4.78 is 38.3. The highest BCUT2D eigenvalue weighted by molar-refractivity contribution is 7.80. The number of aryl methyl sites for hydroxylation is 2. The van der Waals surface area contributed by atoms with Gasteiger partial charge in [0.2, 0.25) is 0 Å². The van der Waals surface area contributed by atoms with E-state index in [0.717, 1.165) is 34.7 Å². The summed E-state index contributed by atoms with van der Waals surface area (Å²) in [5, 5.41) is 4.38. The molecular formula is C28H28F3N3S. The molecule has 0 saturated carbocycles. The number of nitrogens with one attached hydrogen (secondary N) is 1. The lowest BCUT2D eigenvalue weighted by molar-refractivity contribution is -0.137. The molecule has 0 heterocycles. The van der Waals surface area contributed by atoms with E-state index in [4.69, 9.17) is 12.2 Å². The zero-order valence-electron chi connectivity index (χ0n) is 20.0. The van der Waals surface area contributed by atoms with Crippen molar-refractivity contribution in [1.29, 1.82) is 0 Å². The number of hydrogen-bond donors (Lipinski definition) is 1. The van der Waals surface area contributed by atoms with Crippen molar-refractivity contribution in [3.8, 4) is 0 Å². The smallest absolute Gasteiger partial charge is 0.287 e. The zero-order valence-corrected chi connectivity index (χ0v) is 20.8. The number of aliphatic imine (C=N–C) groups is 1. The van der Waals surface area contributed by atoms with E-state index in [1.54, 1.807) is 6.21 Å². The Bertz CT molecular complexity index is 1190. The fourth-order valence-electron chi connectivity index (χ4n) is 3.61. The van der Waals surface area contributed by atoms with E-state index in [1.807, 2.05) is 31.2 Å².